The standard InChI is InChI=1S/C21H30N4O2/c1-13(2)16-8-7-9-17(14(3)4)19(16)25-20(26)18-12-15(5)23-21(24-18)22-10-11-27-6/h7-9,12-14H,10-11H2,1-6H3,(H,25,26)(H,22,23,24). The number of carbonyl (C=O) groups is 1. The van der Waals surface area contributed by atoms with Crippen LogP contribution in [0, 0.1) is 6.92 Å². The van der Waals surface area contributed by atoms with Crippen LogP contribution in [-0.4, -0.2) is 36.1 Å². The molecule has 0 saturated carbocycles. The summed E-state index contributed by atoms with van der Waals surface area (Å²) in [5.74, 6) is 0.804. The van der Waals surface area contributed by atoms with Crippen LogP contribution in [0.15, 0.2) is 24.3 Å². The molecule has 2 aromatic rings. The van der Waals surface area contributed by atoms with E-state index in [4.69, 9.17) is 4.74 Å². The zero-order valence-corrected chi connectivity index (χ0v) is 17.1. The third-order valence-corrected chi connectivity index (χ3v) is 4.29. The van der Waals surface area contributed by atoms with Crippen LogP contribution in [0.1, 0.15) is 66.8 Å². The molecule has 27 heavy (non-hydrogen) atoms. The van der Waals surface area contributed by atoms with Gasteiger partial charge in [0.25, 0.3) is 5.91 Å². The number of benzene rings is 1. The Balaban J connectivity index is 2.32. The van der Waals surface area contributed by atoms with Crippen LogP contribution in [-0.2, 0) is 4.74 Å². The van der Waals surface area contributed by atoms with Crippen molar-refractivity contribution in [2.75, 3.05) is 30.9 Å². The molecule has 0 aliphatic rings. The lowest BCUT2D eigenvalue weighted by molar-refractivity contribution is 0.102. The Kier molecular flexibility index (Phi) is 7.30. The highest BCUT2D eigenvalue weighted by molar-refractivity contribution is 6.04. The van der Waals surface area contributed by atoms with Crippen LogP contribution in [0.4, 0.5) is 11.6 Å². The Labute approximate surface area is 161 Å². The predicted octanol–water partition coefficient (Wildman–Crippen LogP) is 4.34. The first-order valence-electron chi connectivity index (χ1n) is 9.36. The number of para-hydroxylation sites is 1. The SMILES string of the molecule is COCCNc1nc(C)cc(C(=O)Nc2c(C(C)C)cccc2C(C)C)n1. The molecule has 0 atom stereocenters. The fraction of sp³-hybridized carbons (Fsp3) is 0.476. The summed E-state index contributed by atoms with van der Waals surface area (Å²) in [6.45, 7) is 11.5. The van der Waals surface area contributed by atoms with E-state index in [-0.39, 0.29) is 5.91 Å². The van der Waals surface area contributed by atoms with Crippen molar-refractivity contribution in [3.8, 4) is 0 Å². The van der Waals surface area contributed by atoms with E-state index in [0.717, 1.165) is 22.5 Å². The third-order valence-electron chi connectivity index (χ3n) is 4.29. The van der Waals surface area contributed by atoms with Crippen molar-refractivity contribution >= 4 is 17.5 Å². The first-order valence-corrected chi connectivity index (χ1v) is 9.36. The summed E-state index contributed by atoms with van der Waals surface area (Å²) in [5.41, 5.74) is 4.21. The average Bonchev–Trinajstić information content (AvgIpc) is 2.61. The maximum atomic E-state index is 12.9. The lowest BCUT2D eigenvalue weighted by Crippen LogP contribution is -2.19. The lowest BCUT2D eigenvalue weighted by atomic mass is 9.92. The third kappa shape index (κ3) is 5.50. The summed E-state index contributed by atoms with van der Waals surface area (Å²) < 4.78 is 5.02. The molecular weight excluding hydrogens is 340 g/mol. The van der Waals surface area contributed by atoms with Gasteiger partial charge < -0.3 is 15.4 Å². The van der Waals surface area contributed by atoms with Gasteiger partial charge in [-0.25, -0.2) is 9.97 Å². The van der Waals surface area contributed by atoms with Crippen LogP contribution in [0.3, 0.4) is 0 Å². The number of carbonyl (C=O) groups excluding carboxylic acids is 1. The molecule has 0 aliphatic carbocycles. The number of hydrogen-bond donors (Lipinski definition) is 2. The van der Waals surface area contributed by atoms with E-state index in [1.165, 1.54) is 0 Å². The van der Waals surface area contributed by atoms with Crippen LogP contribution in [0.2, 0.25) is 0 Å². The Morgan fingerprint density at radius 2 is 1.74 bits per heavy atom. The minimum Gasteiger partial charge on any atom is -0.383 e. The van der Waals surface area contributed by atoms with Crippen LogP contribution in [0.25, 0.3) is 0 Å². The van der Waals surface area contributed by atoms with Gasteiger partial charge in [-0.15, -0.1) is 0 Å². The second-order valence-electron chi connectivity index (χ2n) is 7.21. The van der Waals surface area contributed by atoms with Crippen molar-refractivity contribution in [2.45, 2.75) is 46.5 Å². The van der Waals surface area contributed by atoms with Crippen molar-refractivity contribution in [3.05, 3.63) is 46.8 Å². The van der Waals surface area contributed by atoms with Gasteiger partial charge in [-0.1, -0.05) is 45.9 Å². The molecule has 1 amide bonds. The van der Waals surface area contributed by atoms with Crippen LogP contribution < -0.4 is 10.6 Å². The van der Waals surface area contributed by atoms with Crippen LogP contribution >= 0.6 is 0 Å². The monoisotopic (exact) mass is 370 g/mol. The predicted molar refractivity (Wildman–Crippen MR) is 110 cm³/mol. The molecule has 2 rings (SSSR count). The van der Waals surface area contributed by atoms with Gasteiger partial charge in [-0.2, -0.15) is 0 Å². The number of nitrogens with one attached hydrogen (secondary N) is 2. The number of hydrogen-bond acceptors (Lipinski definition) is 5. The summed E-state index contributed by atoms with van der Waals surface area (Å²) in [6, 6.07) is 7.88. The van der Waals surface area contributed by atoms with Gasteiger partial charge in [0.2, 0.25) is 5.95 Å². The molecule has 0 radical (unpaired) electrons. The summed E-state index contributed by atoms with van der Waals surface area (Å²) in [5, 5.41) is 6.18. The number of ether oxygens (including phenoxy) is 1. The molecule has 1 aromatic heterocycles. The van der Waals surface area contributed by atoms with E-state index in [1.54, 1.807) is 13.2 Å². The van der Waals surface area contributed by atoms with Crippen molar-refractivity contribution in [1.82, 2.24) is 9.97 Å². The first kappa shape index (κ1) is 20.8. The van der Waals surface area contributed by atoms with E-state index in [1.807, 2.05) is 13.0 Å². The summed E-state index contributed by atoms with van der Waals surface area (Å²) in [6.07, 6.45) is 0. The summed E-state index contributed by atoms with van der Waals surface area (Å²) >= 11 is 0. The number of nitrogens with zero attached hydrogens (tertiary/aromatic N) is 2. The molecule has 2 N–H and O–H groups in total. The largest absolute Gasteiger partial charge is 0.383 e. The molecule has 0 aliphatic heterocycles. The highest BCUT2D eigenvalue weighted by Crippen LogP contribution is 2.32. The molecular formula is C21H30N4O2. The van der Waals surface area contributed by atoms with E-state index in [0.29, 0.717) is 36.6 Å². The lowest BCUT2D eigenvalue weighted by Gasteiger charge is -2.20. The highest BCUT2D eigenvalue weighted by atomic mass is 16.5. The van der Waals surface area contributed by atoms with Gasteiger partial charge in [0.1, 0.15) is 5.69 Å². The van der Waals surface area contributed by atoms with Crippen molar-refractivity contribution in [1.29, 1.82) is 0 Å². The topological polar surface area (TPSA) is 76.1 Å². The fourth-order valence-corrected chi connectivity index (χ4v) is 2.90. The number of anilines is 2. The van der Waals surface area contributed by atoms with E-state index in [2.05, 4.69) is 60.4 Å². The minimum atomic E-state index is -0.231. The molecule has 6 nitrogen and oxygen atoms in total. The van der Waals surface area contributed by atoms with E-state index >= 15 is 0 Å². The second-order valence-corrected chi connectivity index (χ2v) is 7.21. The van der Waals surface area contributed by atoms with Crippen molar-refractivity contribution < 1.29 is 9.53 Å². The van der Waals surface area contributed by atoms with Gasteiger partial charge in [0.15, 0.2) is 0 Å². The number of amides is 1. The van der Waals surface area contributed by atoms with Gasteiger partial charge >= 0.3 is 0 Å². The fourth-order valence-electron chi connectivity index (χ4n) is 2.90. The summed E-state index contributed by atoms with van der Waals surface area (Å²) in [4.78, 5) is 21.6. The highest BCUT2D eigenvalue weighted by Gasteiger charge is 2.18. The summed E-state index contributed by atoms with van der Waals surface area (Å²) in [7, 11) is 1.64. The Hall–Kier alpha value is -2.47. The Bertz CT molecular complexity index is 761. The molecule has 0 fully saturated rings. The molecule has 0 saturated heterocycles. The number of aryl methyl sites for hydroxylation is 1. The molecule has 1 heterocycles. The molecule has 0 unspecified atom stereocenters. The van der Waals surface area contributed by atoms with Gasteiger partial charge in [-0.05, 0) is 36.0 Å². The van der Waals surface area contributed by atoms with Crippen molar-refractivity contribution in [3.63, 3.8) is 0 Å². The minimum absolute atomic E-state index is 0.231. The second kappa shape index (κ2) is 9.46. The van der Waals surface area contributed by atoms with E-state index in [9.17, 15) is 4.79 Å². The van der Waals surface area contributed by atoms with Gasteiger partial charge in [0.05, 0.1) is 6.61 Å². The zero-order chi connectivity index (χ0) is 20.0. The Morgan fingerprint density at radius 1 is 1.11 bits per heavy atom. The molecule has 6 heteroatoms. The molecule has 146 valence electrons. The Morgan fingerprint density at radius 3 is 2.30 bits per heavy atom. The smallest absolute Gasteiger partial charge is 0.274 e. The average molecular weight is 370 g/mol. The first-order chi connectivity index (χ1) is 12.8. The maximum absolute atomic E-state index is 12.9. The van der Waals surface area contributed by atoms with Gasteiger partial charge in [-0.3, -0.25) is 4.79 Å². The maximum Gasteiger partial charge on any atom is 0.274 e. The zero-order valence-electron chi connectivity index (χ0n) is 17.1. The molecule has 0 spiro atoms. The normalized spacial score (nSPS) is 11.1. The quantitative estimate of drug-likeness (QED) is 0.676. The molecule has 0 bridgehead atoms. The van der Waals surface area contributed by atoms with E-state index < -0.39 is 0 Å². The number of aromatic nitrogens is 2. The van der Waals surface area contributed by atoms with Gasteiger partial charge in [0, 0.05) is 25.0 Å². The number of rotatable bonds is 8. The van der Waals surface area contributed by atoms with Crippen LogP contribution in [0.5, 0.6) is 0 Å². The van der Waals surface area contributed by atoms with Crippen molar-refractivity contribution in [2.24, 2.45) is 0 Å². The number of methoxy groups -OCH3 is 1. The molecule has 1 aromatic carbocycles.